The van der Waals surface area contributed by atoms with Crippen LogP contribution in [-0.2, 0) is 19.4 Å². The Morgan fingerprint density at radius 1 is 1.17 bits per heavy atom. The van der Waals surface area contributed by atoms with E-state index in [1.807, 2.05) is 5.32 Å². The summed E-state index contributed by atoms with van der Waals surface area (Å²) in [6, 6.07) is -0.793. The van der Waals surface area contributed by atoms with Crippen molar-refractivity contribution in [2.24, 2.45) is 0 Å². The van der Waals surface area contributed by atoms with E-state index in [9.17, 15) is 22.8 Å². The normalized spacial score (nSPS) is 10.7. The van der Waals surface area contributed by atoms with E-state index in [1.165, 1.54) is 0 Å². The van der Waals surface area contributed by atoms with E-state index in [1.54, 1.807) is 0 Å². The Morgan fingerprint density at radius 3 is 2.28 bits per heavy atom. The van der Waals surface area contributed by atoms with Crippen molar-refractivity contribution in [3.63, 3.8) is 0 Å². The van der Waals surface area contributed by atoms with E-state index in [4.69, 9.17) is 5.11 Å². The van der Waals surface area contributed by atoms with Crippen molar-refractivity contribution in [2.45, 2.75) is 19.3 Å². The van der Waals surface area contributed by atoms with Crippen molar-refractivity contribution >= 4 is 27.7 Å². The smallest absolute Gasteiger partial charge is 0.321 e. The van der Waals surface area contributed by atoms with Gasteiger partial charge in [0.1, 0.15) is 9.84 Å². The maximum Gasteiger partial charge on any atom is 0.321 e. The molecule has 3 amide bonds. The SMILES string of the molecule is CS(=O)(=O)CCNC(=O)NC(=O)CCCC(=O)O. The van der Waals surface area contributed by atoms with E-state index < -0.39 is 27.7 Å². The Balaban J connectivity index is 3.74. The zero-order chi connectivity index (χ0) is 14.2. The van der Waals surface area contributed by atoms with Crippen LogP contribution in [0.2, 0.25) is 0 Å². The maximum atomic E-state index is 11.1. The second kappa shape index (κ2) is 7.64. The molecule has 8 nitrogen and oxygen atoms in total. The van der Waals surface area contributed by atoms with Crippen molar-refractivity contribution in [3.05, 3.63) is 0 Å². The van der Waals surface area contributed by atoms with Gasteiger partial charge in [-0.15, -0.1) is 0 Å². The quantitative estimate of drug-likeness (QED) is 0.554. The monoisotopic (exact) mass is 280 g/mol. The molecule has 0 unspecified atom stereocenters. The predicted molar refractivity (Wildman–Crippen MR) is 62.7 cm³/mol. The molecule has 0 saturated heterocycles. The lowest BCUT2D eigenvalue weighted by atomic mass is 10.2. The molecule has 0 saturated carbocycles. The highest BCUT2D eigenvalue weighted by Crippen LogP contribution is 1.94. The van der Waals surface area contributed by atoms with Gasteiger partial charge in [-0.3, -0.25) is 14.9 Å². The Hall–Kier alpha value is -1.64. The molecule has 9 heteroatoms. The fourth-order valence-corrected chi connectivity index (χ4v) is 1.46. The summed E-state index contributed by atoms with van der Waals surface area (Å²) in [5.41, 5.74) is 0. The van der Waals surface area contributed by atoms with Crippen LogP contribution in [0, 0.1) is 0 Å². The first-order chi connectivity index (χ1) is 8.20. The van der Waals surface area contributed by atoms with E-state index in [2.05, 4.69) is 5.32 Å². The minimum absolute atomic E-state index is 0.0776. The molecule has 3 N–H and O–H groups in total. The van der Waals surface area contributed by atoms with E-state index in [-0.39, 0.29) is 31.6 Å². The van der Waals surface area contributed by atoms with Crippen LogP contribution in [0.15, 0.2) is 0 Å². The number of imide groups is 1. The summed E-state index contributed by atoms with van der Waals surface area (Å²) < 4.78 is 21.5. The van der Waals surface area contributed by atoms with Gasteiger partial charge in [0.05, 0.1) is 5.75 Å². The second-order valence-corrected chi connectivity index (χ2v) is 5.94. The van der Waals surface area contributed by atoms with Gasteiger partial charge in [-0.2, -0.15) is 0 Å². The first kappa shape index (κ1) is 16.4. The van der Waals surface area contributed by atoms with Crippen LogP contribution in [0.4, 0.5) is 4.79 Å². The maximum absolute atomic E-state index is 11.1. The summed E-state index contributed by atoms with van der Waals surface area (Å²) in [6.07, 6.45) is 0.941. The third kappa shape index (κ3) is 10.9. The highest BCUT2D eigenvalue weighted by atomic mass is 32.2. The average molecular weight is 280 g/mol. The van der Waals surface area contributed by atoms with Gasteiger partial charge >= 0.3 is 12.0 Å². The summed E-state index contributed by atoms with van der Waals surface area (Å²) in [6.45, 7) is -0.0902. The summed E-state index contributed by atoms with van der Waals surface area (Å²) in [5.74, 6) is -1.83. The molecule has 0 bridgehead atoms. The molecule has 0 aliphatic rings. The summed E-state index contributed by atoms with van der Waals surface area (Å²) >= 11 is 0. The molecule has 0 spiro atoms. The zero-order valence-electron chi connectivity index (χ0n) is 9.93. The molecule has 0 aliphatic heterocycles. The summed E-state index contributed by atoms with van der Waals surface area (Å²) in [4.78, 5) is 32.4. The first-order valence-electron chi connectivity index (χ1n) is 5.18. The third-order valence-electron chi connectivity index (χ3n) is 1.81. The van der Waals surface area contributed by atoms with Gasteiger partial charge in [0.2, 0.25) is 5.91 Å². The molecule has 0 aromatic carbocycles. The molecular formula is C9H16N2O6S. The number of sulfone groups is 1. The van der Waals surface area contributed by atoms with Gasteiger partial charge in [-0.25, -0.2) is 13.2 Å². The highest BCUT2D eigenvalue weighted by molar-refractivity contribution is 7.90. The van der Waals surface area contributed by atoms with Crippen molar-refractivity contribution in [1.82, 2.24) is 10.6 Å². The number of rotatable bonds is 7. The predicted octanol–water partition coefficient (Wildman–Crippen LogP) is -0.888. The topological polar surface area (TPSA) is 130 Å². The lowest BCUT2D eigenvalue weighted by Gasteiger charge is -2.05. The number of urea groups is 1. The number of amides is 3. The molecule has 0 radical (unpaired) electrons. The molecule has 0 heterocycles. The Labute approximate surface area is 105 Å². The van der Waals surface area contributed by atoms with Crippen LogP contribution in [0.1, 0.15) is 19.3 Å². The van der Waals surface area contributed by atoms with Crippen molar-refractivity contribution < 1.29 is 27.9 Å². The number of carbonyl (C=O) groups is 3. The number of aliphatic carboxylic acids is 1. The van der Waals surface area contributed by atoms with Gasteiger partial charge < -0.3 is 10.4 Å². The van der Waals surface area contributed by atoms with Crippen LogP contribution in [0.3, 0.4) is 0 Å². The lowest BCUT2D eigenvalue weighted by Crippen LogP contribution is -2.41. The van der Waals surface area contributed by atoms with Gasteiger partial charge in [0.15, 0.2) is 0 Å². The molecule has 0 aliphatic carbocycles. The molecule has 0 atom stereocenters. The molecule has 104 valence electrons. The van der Waals surface area contributed by atoms with Gasteiger partial charge in [-0.05, 0) is 6.42 Å². The zero-order valence-corrected chi connectivity index (χ0v) is 10.7. The minimum atomic E-state index is -3.16. The van der Waals surface area contributed by atoms with Gasteiger partial charge in [-0.1, -0.05) is 0 Å². The number of hydrogen-bond donors (Lipinski definition) is 3. The highest BCUT2D eigenvalue weighted by Gasteiger charge is 2.09. The van der Waals surface area contributed by atoms with Crippen molar-refractivity contribution in [1.29, 1.82) is 0 Å². The van der Waals surface area contributed by atoms with Crippen molar-refractivity contribution in [3.8, 4) is 0 Å². The number of hydrogen-bond acceptors (Lipinski definition) is 5. The van der Waals surface area contributed by atoms with Crippen LogP contribution in [0.25, 0.3) is 0 Å². The molecular weight excluding hydrogens is 264 g/mol. The molecule has 0 rings (SSSR count). The van der Waals surface area contributed by atoms with Gasteiger partial charge in [0.25, 0.3) is 0 Å². The molecule has 0 fully saturated rings. The molecule has 0 aromatic rings. The fourth-order valence-electron chi connectivity index (χ4n) is 0.983. The second-order valence-electron chi connectivity index (χ2n) is 3.68. The molecule has 18 heavy (non-hydrogen) atoms. The lowest BCUT2D eigenvalue weighted by molar-refractivity contribution is -0.137. The van der Waals surface area contributed by atoms with E-state index in [0.717, 1.165) is 6.26 Å². The van der Waals surface area contributed by atoms with E-state index in [0.29, 0.717) is 0 Å². The van der Waals surface area contributed by atoms with Crippen LogP contribution in [0.5, 0.6) is 0 Å². The average Bonchev–Trinajstić information content (AvgIpc) is 2.14. The number of carboxylic acid groups (broad SMARTS) is 1. The largest absolute Gasteiger partial charge is 0.481 e. The van der Waals surface area contributed by atoms with E-state index >= 15 is 0 Å². The Bertz CT molecular complexity index is 417. The summed E-state index contributed by atoms with van der Waals surface area (Å²) in [7, 11) is -3.16. The third-order valence-corrected chi connectivity index (χ3v) is 2.75. The fraction of sp³-hybridized carbons (Fsp3) is 0.667. The van der Waals surface area contributed by atoms with Crippen LogP contribution in [-0.4, -0.2) is 50.0 Å². The number of carboxylic acids is 1. The van der Waals surface area contributed by atoms with Crippen LogP contribution >= 0.6 is 0 Å². The first-order valence-corrected chi connectivity index (χ1v) is 7.24. The number of nitrogens with one attached hydrogen (secondary N) is 2. The van der Waals surface area contributed by atoms with Gasteiger partial charge in [0, 0.05) is 25.6 Å². The Morgan fingerprint density at radius 2 is 1.78 bits per heavy atom. The van der Waals surface area contributed by atoms with Crippen molar-refractivity contribution in [2.75, 3.05) is 18.6 Å². The minimum Gasteiger partial charge on any atom is -0.481 e. The standard InChI is InChI=1S/C9H16N2O6S/c1-18(16,17)6-5-10-9(15)11-7(12)3-2-4-8(13)14/h2-6H2,1H3,(H,13,14)(H2,10,11,12,15). The van der Waals surface area contributed by atoms with Crippen LogP contribution < -0.4 is 10.6 Å². The number of carbonyl (C=O) groups excluding carboxylic acids is 2. The molecule has 0 aromatic heterocycles. The summed E-state index contributed by atoms with van der Waals surface area (Å²) in [5, 5.41) is 12.5. The Kier molecular flexibility index (Phi) is 6.94.